The molecule has 4 rings (SSSR count). The van der Waals surface area contributed by atoms with Gasteiger partial charge in [0, 0.05) is 24.7 Å². The second-order valence-electron chi connectivity index (χ2n) is 7.05. The molecule has 150 valence electrons. The van der Waals surface area contributed by atoms with E-state index in [1.165, 1.54) is 30.6 Å². The second kappa shape index (κ2) is 7.40. The van der Waals surface area contributed by atoms with Crippen LogP contribution in [0.2, 0.25) is 0 Å². The van der Waals surface area contributed by atoms with Crippen LogP contribution in [0.1, 0.15) is 12.0 Å². The van der Waals surface area contributed by atoms with Gasteiger partial charge in [-0.1, -0.05) is 12.1 Å². The van der Waals surface area contributed by atoms with Crippen molar-refractivity contribution in [1.82, 2.24) is 14.9 Å². The maximum absolute atomic E-state index is 13.1. The van der Waals surface area contributed by atoms with Crippen molar-refractivity contribution in [3.63, 3.8) is 0 Å². The highest BCUT2D eigenvalue weighted by atomic mass is 32.2. The highest BCUT2D eigenvalue weighted by Gasteiger charge is 2.32. The van der Waals surface area contributed by atoms with Gasteiger partial charge < -0.3 is 10.2 Å². The van der Waals surface area contributed by atoms with Crippen molar-refractivity contribution >= 4 is 32.5 Å². The zero-order valence-electron chi connectivity index (χ0n) is 15.7. The molecule has 1 N–H and O–H groups in total. The van der Waals surface area contributed by atoms with E-state index in [2.05, 4.69) is 15.3 Å². The van der Waals surface area contributed by atoms with Gasteiger partial charge in [-0.2, -0.15) is 0 Å². The number of amides is 1. The van der Waals surface area contributed by atoms with Gasteiger partial charge in [0.15, 0.2) is 9.84 Å². The Balaban J connectivity index is 1.55. The number of aromatic nitrogens is 2. The lowest BCUT2D eigenvalue weighted by Gasteiger charge is -2.18. The average Bonchev–Trinajstić information content (AvgIpc) is 3.02. The van der Waals surface area contributed by atoms with Crippen LogP contribution in [0.25, 0.3) is 10.9 Å². The molecule has 0 radical (unpaired) electrons. The fraction of sp³-hybridized carbons (Fsp3) is 0.250. The van der Waals surface area contributed by atoms with E-state index in [1.807, 2.05) is 0 Å². The minimum Gasteiger partial charge on any atom is -0.358 e. The lowest BCUT2D eigenvalue weighted by atomic mass is 10.2. The van der Waals surface area contributed by atoms with E-state index in [-0.39, 0.29) is 16.6 Å². The summed E-state index contributed by atoms with van der Waals surface area (Å²) in [6, 6.07) is 10.2. The van der Waals surface area contributed by atoms with E-state index in [9.17, 15) is 17.6 Å². The molecule has 2 aromatic carbocycles. The maximum atomic E-state index is 13.1. The SMILES string of the molecule is CS(=O)(=O)c1ccc2ncnc(NC3CCN(Cc4ccc(F)cc4)C3=O)c2c1. The van der Waals surface area contributed by atoms with Crippen molar-refractivity contribution in [2.24, 2.45) is 0 Å². The molecule has 0 saturated carbocycles. The van der Waals surface area contributed by atoms with E-state index in [0.29, 0.717) is 36.2 Å². The van der Waals surface area contributed by atoms with E-state index >= 15 is 0 Å². The predicted molar refractivity (Wildman–Crippen MR) is 106 cm³/mol. The van der Waals surface area contributed by atoms with E-state index < -0.39 is 15.9 Å². The van der Waals surface area contributed by atoms with Gasteiger partial charge in [-0.05, 0) is 42.3 Å². The fourth-order valence-corrected chi connectivity index (χ4v) is 4.03. The first-order chi connectivity index (χ1) is 13.8. The molecular formula is C20H19FN4O3S. The normalized spacial score (nSPS) is 17.1. The van der Waals surface area contributed by atoms with Crippen molar-refractivity contribution in [3.05, 3.63) is 60.2 Å². The largest absolute Gasteiger partial charge is 0.358 e. The lowest BCUT2D eigenvalue weighted by molar-refractivity contribution is -0.128. The summed E-state index contributed by atoms with van der Waals surface area (Å²) < 4.78 is 36.8. The van der Waals surface area contributed by atoms with Gasteiger partial charge >= 0.3 is 0 Å². The van der Waals surface area contributed by atoms with Crippen LogP contribution in [0.3, 0.4) is 0 Å². The number of hydrogen-bond acceptors (Lipinski definition) is 6. The number of benzene rings is 2. The summed E-state index contributed by atoms with van der Waals surface area (Å²) in [5.74, 6) is 0.0213. The monoisotopic (exact) mass is 414 g/mol. The van der Waals surface area contributed by atoms with Crippen LogP contribution < -0.4 is 5.32 Å². The summed E-state index contributed by atoms with van der Waals surface area (Å²) in [5, 5.41) is 3.68. The molecule has 0 bridgehead atoms. The summed E-state index contributed by atoms with van der Waals surface area (Å²) in [7, 11) is -3.38. The molecule has 7 nitrogen and oxygen atoms in total. The molecule has 1 unspecified atom stereocenters. The second-order valence-corrected chi connectivity index (χ2v) is 9.06. The number of rotatable bonds is 5. The number of nitrogens with one attached hydrogen (secondary N) is 1. The first kappa shape index (κ1) is 19.3. The number of hydrogen-bond donors (Lipinski definition) is 1. The molecule has 9 heteroatoms. The molecule has 2 heterocycles. The van der Waals surface area contributed by atoms with Crippen LogP contribution in [-0.4, -0.2) is 48.0 Å². The molecule has 0 aliphatic carbocycles. The average molecular weight is 414 g/mol. The quantitative estimate of drug-likeness (QED) is 0.689. The van der Waals surface area contributed by atoms with Crippen LogP contribution in [0.5, 0.6) is 0 Å². The Kier molecular flexibility index (Phi) is 4.91. The predicted octanol–water partition coefficient (Wildman–Crippen LogP) is 2.39. The van der Waals surface area contributed by atoms with Gasteiger partial charge in [0.25, 0.3) is 0 Å². The summed E-state index contributed by atoms with van der Waals surface area (Å²) in [4.78, 5) is 23.0. The lowest BCUT2D eigenvalue weighted by Crippen LogP contribution is -2.33. The number of carbonyl (C=O) groups is 1. The van der Waals surface area contributed by atoms with Gasteiger partial charge in [-0.25, -0.2) is 22.8 Å². The van der Waals surface area contributed by atoms with Gasteiger partial charge in [0.2, 0.25) is 5.91 Å². The molecule has 1 amide bonds. The third kappa shape index (κ3) is 4.04. The Bertz CT molecular complexity index is 1180. The number of nitrogens with zero attached hydrogens (tertiary/aromatic N) is 3. The van der Waals surface area contributed by atoms with E-state index in [0.717, 1.165) is 11.8 Å². The Hall–Kier alpha value is -3.07. The van der Waals surface area contributed by atoms with Crippen LogP contribution in [0, 0.1) is 5.82 Å². The first-order valence-electron chi connectivity index (χ1n) is 9.06. The van der Waals surface area contributed by atoms with Gasteiger partial charge in [0.05, 0.1) is 10.4 Å². The number of halogens is 1. The third-order valence-corrected chi connectivity index (χ3v) is 6.04. The number of fused-ring (bicyclic) bond motifs is 1. The van der Waals surface area contributed by atoms with E-state index in [4.69, 9.17) is 0 Å². The molecule has 1 aliphatic heterocycles. The molecule has 1 atom stereocenters. The smallest absolute Gasteiger partial charge is 0.245 e. The standard InChI is InChI=1S/C20H19FN4O3S/c1-29(27,28)15-6-7-17-16(10-15)19(23-12-22-17)24-18-8-9-25(20(18)26)11-13-2-4-14(21)5-3-13/h2-7,10,12,18H,8-9,11H2,1H3,(H,22,23,24). The molecule has 1 aromatic heterocycles. The summed E-state index contributed by atoms with van der Waals surface area (Å²) >= 11 is 0. The minimum absolute atomic E-state index is 0.0830. The minimum atomic E-state index is -3.38. The van der Waals surface area contributed by atoms with Crippen LogP contribution in [0.4, 0.5) is 10.2 Å². The Morgan fingerprint density at radius 3 is 2.66 bits per heavy atom. The van der Waals surface area contributed by atoms with Crippen LogP contribution in [-0.2, 0) is 21.2 Å². The van der Waals surface area contributed by atoms with Gasteiger partial charge in [-0.15, -0.1) is 0 Å². The van der Waals surface area contributed by atoms with Crippen molar-refractivity contribution in [2.45, 2.75) is 23.9 Å². The number of anilines is 1. The van der Waals surface area contributed by atoms with Crippen LogP contribution in [0.15, 0.2) is 53.7 Å². The first-order valence-corrected chi connectivity index (χ1v) is 10.9. The summed E-state index contributed by atoms with van der Waals surface area (Å²) in [5.41, 5.74) is 1.44. The van der Waals surface area contributed by atoms with Gasteiger partial charge in [-0.3, -0.25) is 4.79 Å². The maximum Gasteiger partial charge on any atom is 0.245 e. The molecule has 1 saturated heterocycles. The highest BCUT2D eigenvalue weighted by molar-refractivity contribution is 7.90. The fourth-order valence-electron chi connectivity index (χ4n) is 3.39. The summed E-state index contributed by atoms with van der Waals surface area (Å²) in [6.07, 6.45) is 3.09. The highest BCUT2D eigenvalue weighted by Crippen LogP contribution is 2.25. The summed E-state index contributed by atoms with van der Waals surface area (Å²) in [6.45, 7) is 0.964. The van der Waals surface area contributed by atoms with Crippen molar-refractivity contribution < 1.29 is 17.6 Å². The van der Waals surface area contributed by atoms with Crippen molar-refractivity contribution in [3.8, 4) is 0 Å². The molecular weight excluding hydrogens is 395 g/mol. The molecule has 3 aromatic rings. The van der Waals surface area contributed by atoms with Crippen molar-refractivity contribution in [2.75, 3.05) is 18.1 Å². The zero-order valence-corrected chi connectivity index (χ0v) is 16.5. The van der Waals surface area contributed by atoms with Gasteiger partial charge in [0.1, 0.15) is 24.0 Å². The number of sulfone groups is 1. The zero-order chi connectivity index (χ0) is 20.6. The van der Waals surface area contributed by atoms with Crippen molar-refractivity contribution in [1.29, 1.82) is 0 Å². The van der Waals surface area contributed by atoms with E-state index in [1.54, 1.807) is 23.1 Å². The Morgan fingerprint density at radius 1 is 1.17 bits per heavy atom. The molecule has 0 spiro atoms. The Labute approximate surface area is 167 Å². The third-order valence-electron chi connectivity index (χ3n) is 4.93. The Morgan fingerprint density at radius 2 is 1.93 bits per heavy atom. The molecule has 1 fully saturated rings. The molecule has 1 aliphatic rings. The number of carbonyl (C=O) groups excluding carboxylic acids is 1. The number of likely N-dealkylation sites (tertiary alicyclic amines) is 1. The molecule has 29 heavy (non-hydrogen) atoms. The van der Waals surface area contributed by atoms with Crippen LogP contribution >= 0.6 is 0 Å². The topological polar surface area (TPSA) is 92.3 Å².